The molecule has 0 aliphatic rings. The molecule has 2 heterocycles. The highest BCUT2D eigenvalue weighted by atomic mass is 35.5. The molecule has 0 bridgehead atoms. The molecule has 3 aromatic rings. The maximum atomic E-state index is 13.2. The number of fused-ring (bicyclic) bond motifs is 1. The van der Waals surface area contributed by atoms with Crippen molar-refractivity contribution in [3.05, 3.63) is 52.7 Å². The summed E-state index contributed by atoms with van der Waals surface area (Å²) >= 11 is 5.83. The molecule has 7 heteroatoms. The molecule has 0 aliphatic heterocycles. The SMILES string of the molecule is Nc1nc2cc(Cl)cnc2n1Cc1ccc(F)c(F)c1. The van der Waals surface area contributed by atoms with Gasteiger partial charge in [0.1, 0.15) is 5.52 Å². The van der Waals surface area contributed by atoms with E-state index >= 15 is 0 Å². The summed E-state index contributed by atoms with van der Waals surface area (Å²) in [5, 5.41) is 0.454. The Labute approximate surface area is 117 Å². The van der Waals surface area contributed by atoms with Gasteiger partial charge < -0.3 is 5.73 Å². The van der Waals surface area contributed by atoms with Crippen LogP contribution in [0.4, 0.5) is 14.7 Å². The lowest BCUT2D eigenvalue weighted by Crippen LogP contribution is -2.05. The number of anilines is 1. The van der Waals surface area contributed by atoms with Crippen molar-refractivity contribution in [1.82, 2.24) is 14.5 Å². The van der Waals surface area contributed by atoms with E-state index < -0.39 is 11.6 Å². The number of aromatic nitrogens is 3. The van der Waals surface area contributed by atoms with Crippen molar-refractivity contribution in [1.29, 1.82) is 0 Å². The molecule has 0 fully saturated rings. The molecular weight excluding hydrogens is 286 g/mol. The highest BCUT2D eigenvalue weighted by Gasteiger charge is 2.11. The fourth-order valence-corrected chi connectivity index (χ4v) is 2.13. The molecule has 102 valence electrons. The van der Waals surface area contributed by atoms with Crippen molar-refractivity contribution in [3.63, 3.8) is 0 Å². The first-order chi connectivity index (χ1) is 9.54. The van der Waals surface area contributed by atoms with Crippen LogP contribution in [0.3, 0.4) is 0 Å². The van der Waals surface area contributed by atoms with Crippen LogP contribution in [0.1, 0.15) is 5.56 Å². The van der Waals surface area contributed by atoms with Gasteiger partial charge in [-0.05, 0) is 23.8 Å². The van der Waals surface area contributed by atoms with E-state index in [4.69, 9.17) is 17.3 Å². The van der Waals surface area contributed by atoms with E-state index in [-0.39, 0.29) is 12.5 Å². The highest BCUT2D eigenvalue weighted by Crippen LogP contribution is 2.21. The van der Waals surface area contributed by atoms with Gasteiger partial charge in [-0.25, -0.2) is 18.7 Å². The summed E-state index contributed by atoms with van der Waals surface area (Å²) in [6.07, 6.45) is 1.48. The van der Waals surface area contributed by atoms with Gasteiger partial charge in [-0.2, -0.15) is 0 Å². The molecule has 0 unspecified atom stereocenters. The molecular formula is C13H9ClF2N4. The van der Waals surface area contributed by atoms with Gasteiger partial charge in [0, 0.05) is 6.20 Å². The molecule has 1 aromatic carbocycles. The van der Waals surface area contributed by atoms with E-state index in [1.54, 1.807) is 10.6 Å². The zero-order valence-electron chi connectivity index (χ0n) is 10.1. The molecule has 3 rings (SSSR count). The third kappa shape index (κ3) is 2.18. The molecule has 0 radical (unpaired) electrons. The normalized spacial score (nSPS) is 11.2. The fraction of sp³-hybridized carbons (Fsp3) is 0.0769. The van der Waals surface area contributed by atoms with Crippen LogP contribution in [0.25, 0.3) is 11.2 Å². The van der Waals surface area contributed by atoms with Crippen molar-refractivity contribution in [2.24, 2.45) is 0 Å². The van der Waals surface area contributed by atoms with Gasteiger partial charge in [-0.15, -0.1) is 0 Å². The van der Waals surface area contributed by atoms with E-state index in [9.17, 15) is 8.78 Å². The van der Waals surface area contributed by atoms with Crippen LogP contribution >= 0.6 is 11.6 Å². The average molecular weight is 295 g/mol. The first-order valence-electron chi connectivity index (χ1n) is 5.76. The molecule has 0 amide bonds. The monoisotopic (exact) mass is 294 g/mol. The molecule has 0 saturated heterocycles. The molecule has 2 N–H and O–H groups in total. The van der Waals surface area contributed by atoms with Crippen molar-refractivity contribution in [3.8, 4) is 0 Å². The van der Waals surface area contributed by atoms with E-state index in [0.29, 0.717) is 21.7 Å². The Hall–Kier alpha value is -2.21. The van der Waals surface area contributed by atoms with Crippen molar-refractivity contribution >= 4 is 28.7 Å². The highest BCUT2D eigenvalue weighted by molar-refractivity contribution is 6.31. The minimum absolute atomic E-state index is 0.236. The quantitative estimate of drug-likeness (QED) is 0.790. The number of pyridine rings is 1. The van der Waals surface area contributed by atoms with Gasteiger partial charge in [0.05, 0.1) is 11.6 Å². The number of hydrogen-bond acceptors (Lipinski definition) is 3. The number of benzene rings is 1. The third-order valence-electron chi connectivity index (χ3n) is 2.91. The summed E-state index contributed by atoms with van der Waals surface area (Å²) in [6.45, 7) is 0.244. The predicted octanol–water partition coefficient (Wildman–Crippen LogP) is 2.99. The first kappa shape index (κ1) is 12.8. The number of nitrogens with zero attached hydrogens (tertiary/aromatic N) is 3. The second-order valence-corrected chi connectivity index (χ2v) is 4.74. The maximum absolute atomic E-state index is 13.2. The second-order valence-electron chi connectivity index (χ2n) is 4.30. The number of halogens is 3. The lowest BCUT2D eigenvalue weighted by Gasteiger charge is -2.06. The van der Waals surface area contributed by atoms with Crippen LogP contribution in [-0.2, 0) is 6.54 Å². The Morgan fingerprint density at radius 1 is 1.20 bits per heavy atom. The zero-order chi connectivity index (χ0) is 14.3. The van der Waals surface area contributed by atoms with Crippen LogP contribution in [0.5, 0.6) is 0 Å². The van der Waals surface area contributed by atoms with E-state index in [1.807, 2.05) is 0 Å². The molecule has 0 atom stereocenters. The van der Waals surface area contributed by atoms with E-state index in [2.05, 4.69) is 9.97 Å². The lowest BCUT2D eigenvalue weighted by atomic mass is 10.2. The topological polar surface area (TPSA) is 56.7 Å². The summed E-state index contributed by atoms with van der Waals surface area (Å²) < 4.78 is 27.7. The van der Waals surface area contributed by atoms with Crippen molar-refractivity contribution in [2.45, 2.75) is 6.54 Å². The minimum Gasteiger partial charge on any atom is -0.369 e. The number of hydrogen-bond donors (Lipinski definition) is 1. The Bertz CT molecular complexity index is 800. The van der Waals surface area contributed by atoms with Crippen LogP contribution in [-0.4, -0.2) is 14.5 Å². The van der Waals surface area contributed by atoms with Gasteiger partial charge in [0.15, 0.2) is 17.3 Å². The van der Waals surface area contributed by atoms with Gasteiger partial charge in [-0.1, -0.05) is 17.7 Å². The van der Waals surface area contributed by atoms with Crippen LogP contribution in [0.15, 0.2) is 30.5 Å². The fourth-order valence-electron chi connectivity index (χ4n) is 1.98. The van der Waals surface area contributed by atoms with E-state index in [0.717, 1.165) is 12.1 Å². The third-order valence-corrected chi connectivity index (χ3v) is 3.11. The largest absolute Gasteiger partial charge is 0.369 e. The van der Waals surface area contributed by atoms with Gasteiger partial charge in [0.25, 0.3) is 0 Å². The van der Waals surface area contributed by atoms with Crippen LogP contribution in [0.2, 0.25) is 5.02 Å². The molecule has 0 spiro atoms. The Morgan fingerprint density at radius 2 is 2.00 bits per heavy atom. The van der Waals surface area contributed by atoms with Crippen molar-refractivity contribution < 1.29 is 8.78 Å². The summed E-state index contributed by atoms with van der Waals surface area (Å²) in [5.41, 5.74) is 7.47. The lowest BCUT2D eigenvalue weighted by molar-refractivity contribution is 0.506. The summed E-state index contributed by atoms with van der Waals surface area (Å²) in [6, 6.07) is 5.32. The standard InChI is InChI=1S/C13H9ClF2N4/c14-8-4-11-12(18-5-8)20(13(17)19-11)6-7-1-2-9(15)10(16)3-7/h1-5H,6H2,(H2,17,19). The Morgan fingerprint density at radius 3 is 2.75 bits per heavy atom. The van der Waals surface area contributed by atoms with Gasteiger partial charge >= 0.3 is 0 Å². The average Bonchev–Trinajstić information content (AvgIpc) is 2.69. The maximum Gasteiger partial charge on any atom is 0.202 e. The predicted molar refractivity (Wildman–Crippen MR) is 72.4 cm³/mol. The summed E-state index contributed by atoms with van der Waals surface area (Å²) in [5.74, 6) is -1.55. The minimum atomic E-state index is -0.901. The van der Waals surface area contributed by atoms with Crippen LogP contribution < -0.4 is 5.73 Å². The first-order valence-corrected chi connectivity index (χ1v) is 6.13. The Kier molecular flexibility index (Phi) is 3.02. The smallest absolute Gasteiger partial charge is 0.202 e. The summed E-state index contributed by atoms with van der Waals surface area (Å²) in [4.78, 5) is 8.29. The number of nitrogens with two attached hydrogens (primary N) is 1. The molecule has 0 saturated carbocycles. The molecule has 0 aliphatic carbocycles. The second kappa shape index (κ2) is 4.72. The number of imidazole rings is 1. The van der Waals surface area contributed by atoms with Gasteiger partial charge in [0.2, 0.25) is 5.95 Å². The van der Waals surface area contributed by atoms with Crippen molar-refractivity contribution in [2.75, 3.05) is 5.73 Å². The molecule has 4 nitrogen and oxygen atoms in total. The van der Waals surface area contributed by atoms with Gasteiger partial charge in [-0.3, -0.25) is 4.57 Å². The molecule has 20 heavy (non-hydrogen) atoms. The summed E-state index contributed by atoms with van der Waals surface area (Å²) in [7, 11) is 0. The van der Waals surface area contributed by atoms with E-state index in [1.165, 1.54) is 12.3 Å². The number of rotatable bonds is 2. The Balaban J connectivity index is 2.05. The van der Waals surface area contributed by atoms with Crippen LogP contribution in [0, 0.1) is 11.6 Å². The zero-order valence-corrected chi connectivity index (χ0v) is 10.9. The number of nitrogen functional groups attached to an aromatic ring is 1. The molecule has 2 aromatic heterocycles.